The molecule has 1 aromatic rings. The molecule has 0 bridgehead atoms. The zero-order chi connectivity index (χ0) is 12.4. The van der Waals surface area contributed by atoms with Crippen LogP contribution in [0.5, 0.6) is 5.75 Å². The van der Waals surface area contributed by atoms with E-state index in [4.69, 9.17) is 22.1 Å². The number of hydrogen-bond donors (Lipinski definition) is 1. The number of benzene rings is 1. The lowest BCUT2D eigenvalue weighted by atomic mass is 10.1. The number of carbonyl (C=O) groups excluding carboxylic acids is 1. The number of nitrogens with zero attached hydrogens (tertiary/aromatic N) is 1. The van der Waals surface area contributed by atoms with E-state index in [9.17, 15) is 4.79 Å². The second-order valence-electron chi connectivity index (χ2n) is 4.13. The molecule has 1 aliphatic heterocycles. The number of amides is 1. The van der Waals surface area contributed by atoms with Crippen LogP contribution in [0.2, 0.25) is 5.02 Å². The Bertz CT molecular complexity index is 437. The molecule has 1 unspecified atom stereocenters. The van der Waals surface area contributed by atoms with Gasteiger partial charge in [-0.05, 0) is 24.6 Å². The van der Waals surface area contributed by atoms with E-state index >= 15 is 0 Å². The van der Waals surface area contributed by atoms with Gasteiger partial charge in [-0.3, -0.25) is 4.79 Å². The van der Waals surface area contributed by atoms with Crippen molar-refractivity contribution in [3.05, 3.63) is 23.2 Å². The highest BCUT2D eigenvalue weighted by Gasteiger charge is 2.30. The van der Waals surface area contributed by atoms with E-state index in [2.05, 4.69) is 0 Å². The molecule has 92 valence electrons. The molecule has 4 nitrogen and oxygen atoms in total. The first-order chi connectivity index (χ1) is 8.15. The van der Waals surface area contributed by atoms with Crippen molar-refractivity contribution in [2.24, 2.45) is 11.7 Å². The fourth-order valence-corrected chi connectivity index (χ4v) is 2.28. The predicted molar refractivity (Wildman–Crippen MR) is 67.5 cm³/mol. The van der Waals surface area contributed by atoms with Crippen LogP contribution in [0.3, 0.4) is 0 Å². The second-order valence-corrected chi connectivity index (χ2v) is 4.53. The molecule has 0 radical (unpaired) electrons. The molecule has 2 rings (SSSR count). The fraction of sp³-hybridized carbons (Fsp3) is 0.417. The Labute approximate surface area is 105 Å². The molecule has 1 heterocycles. The van der Waals surface area contributed by atoms with E-state index in [-0.39, 0.29) is 11.8 Å². The van der Waals surface area contributed by atoms with Crippen molar-refractivity contribution in [3.63, 3.8) is 0 Å². The average molecular weight is 255 g/mol. The van der Waals surface area contributed by atoms with Gasteiger partial charge in [-0.25, -0.2) is 0 Å². The molecule has 0 saturated carbocycles. The molecule has 1 amide bonds. The Morgan fingerprint density at radius 1 is 1.59 bits per heavy atom. The number of anilines is 1. The van der Waals surface area contributed by atoms with E-state index in [1.54, 1.807) is 30.2 Å². The summed E-state index contributed by atoms with van der Waals surface area (Å²) in [6, 6.07) is 5.31. The van der Waals surface area contributed by atoms with Gasteiger partial charge in [-0.2, -0.15) is 0 Å². The van der Waals surface area contributed by atoms with E-state index < -0.39 is 0 Å². The maximum atomic E-state index is 11.8. The predicted octanol–water partition coefficient (Wildman–Crippen LogP) is 1.66. The number of carbonyl (C=O) groups is 1. The van der Waals surface area contributed by atoms with Crippen molar-refractivity contribution in [1.29, 1.82) is 0 Å². The van der Waals surface area contributed by atoms with Crippen molar-refractivity contribution in [2.45, 2.75) is 6.42 Å². The Kier molecular flexibility index (Phi) is 3.54. The van der Waals surface area contributed by atoms with Crippen molar-refractivity contribution in [1.82, 2.24) is 0 Å². The van der Waals surface area contributed by atoms with E-state index in [0.29, 0.717) is 30.3 Å². The van der Waals surface area contributed by atoms with Crippen LogP contribution in [0.4, 0.5) is 5.69 Å². The topological polar surface area (TPSA) is 55.6 Å². The molecule has 1 aliphatic rings. The number of nitrogens with two attached hydrogens (primary N) is 1. The number of hydrogen-bond acceptors (Lipinski definition) is 3. The Morgan fingerprint density at radius 3 is 2.88 bits per heavy atom. The van der Waals surface area contributed by atoms with Crippen molar-refractivity contribution >= 4 is 23.2 Å². The van der Waals surface area contributed by atoms with Gasteiger partial charge in [0, 0.05) is 19.0 Å². The maximum absolute atomic E-state index is 11.8. The minimum absolute atomic E-state index is 0.0764. The molecule has 0 spiro atoms. The van der Waals surface area contributed by atoms with Crippen LogP contribution in [-0.2, 0) is 4.79 Å². The van der Waals surface area contributed by atoms with Gasteiger partial charge >= 0.3 is 0 Å². The molecule has 17 heavy (non-hydrogen) atoms. The number of methoxy groups -OCH3 is 1. The highest BCUT2D eigenvalue weighted by atomic mass is 35.5. The molecule has 1 atom stereocenters. The molecule has 5 heteroatoms. The van der Waals surface area contributed by atoms with Crippen LogP contribution < -0.4 is 15.4 Å². The summed E-state index contributed by atoms with van der Waals surface area (Å²) in [6.45, 7) is 1.16. The summed E-state index contributed by atoms with van der Waals surface area (Å²) in [5, 5.41) is 0.523. The molecule has 1 aromatic carbocycles. The highest BCUT2D eigenvalue weighted by molar-refractivity contribution is 6.34. The summed E-state index contributed by atoms with van der Waals surface area (Å²) < 4.78 is 5.07. The largest absolute Gasteiger partial charge is 0.497 e. The first-order valence-electron chi connectivity index (χ1n) is 5.49. The minimum atomic E-state index is 0.0764. The van der Waals surface area contributed by atoms with Crippen LogP contribution in [0.1, 0.15) is 6.42 Å². The summed E-state index contributed by atoms with van der Waals surface area (Å²) in [7, 11) is 1.58. The van der Waals surface area contributed by atoms with E-state index in [1.165, 1.54) is 0 Å². The lowest BCUT2D eigenvalue weighted by molar-refractivity contribution is -0.117. The first kappa shape index (κ1) is 12.2. The molecule has 1 fully saturated rings. The third-order valence-corrected chi connectivity index (χ3v) is 3.29. The third kappa shape index (κ3) is 2.37. The lowest BCUT2D eigenvalue weighted by Gasteiger charge is -2.18. The average Bonchev–Trinajstić information content (AvgIpc) is 2.70. The van der Waals surface area contributed by atoms with Crippen molar-refractivity contribution in [2.75, 3.05) is 25.1 Å². The molecular formula is C12H15ClN2O2. The molecular weight excluding hydrogens is 240 g/mol. The van der Waals surface area contributed by atoms with Crippen LogP contribution in [-0.4, -0.2) is 26.1 Å². The second kappa shape index (κ2) is 4.94. The normalized spacial score (nSPS) is 19.8. The monoisotopic (exact) mass is 254 g/mol. The van der Waals surface area contributed by atoms with Gasteiger partial charge in [0.1, 0.15) is 5.75 Å². The van der Waals surface area contributed by atoms with Gasteiger partial charge in [0.05, 0.1) is 17.8 Å². The van der Waals surface area contributed by atoms with E-state index in [0.717, 1.165) is 5.69 Å². The molecule has 0 aliphatic carbocycles. The van der Waals surface area contributed by atoms with Gasteiger partial charge in [0.2, 0.25) is 5.91 Å². The van der Waals surface area contributed by atoms with Crippen LogP contribution >= 0.6 is 11.6 Å². The van der Waals surface area contributed by atoms with Gasteiger partial charge in [0.25, 0.3) is 0 Å². The van der Waals surface area contributed by atoms with E-state index in [1.807, 2.05) is 0 Å². The van der Waals surface area contributed by atoms with Crippen LogP contribution in [0.15, 0.2) is 18.2 Å². The van der Waals surface area contributed by atoms with Crippen molar-refractivity contribution in [3.8, 4) is 5.75 Å². The van der Waals surface area contributed by atoms with Gasteiger partial charge < -0.3 is 15.4 Å². The standard InChI is InChI=1S/C12H15ClN2O2/c1-17-9-2-3-11(10(13)5-9)15-7-8(6-14)4-12(15)16/h2-3,5,8H,4,6-7,14H2,1H3. The lowest BCUT2D eigenvalue weighted by Crippen LogP contribution is -2.25. The van der Waals surface area contributed by atoms with Gasteiger partial charge in [-0.15, -0.1) is 0 Å². The van der Waals surface area contributed by atoms with Crippen LogP contribution in [0.25, 0.3) is 0 Å². The summed E-state index contributed by atoms with van der Waals surface area (Å²) in [5.41, 5.74) is 6.32. The summed E-state index contributed by atoms with van der Waals surface area (Å²) in [4.78, 5) is 13.5. The maximum Gasteiger partial charge on any atom is 0.227 e. The van der Waals surface area contributed by atoms with Gasteiger partial charge in [-0.1, -0.05) is 11.6 Å². The SMILES string of the molecule is COc1ccc(N2CC(CN)CC2=O)c(Cl)c1. The summed E-state index contributed by atoms with van der Waals surface area (Å²) in [6.07, 6.45) is 0.499. The highest BCUT2D eigenvalue weighted by Crippen LogP contribution is 2.33. The minimum Gasteiger partial charge on any atom is -0.497 e. The summed E-state index contributed by atoms with van der Waals surface area (Å²) in [5.74, 6) is 0.981. The molecule has 1 saturated heterocycles. The fourth-order valence-electron chi connectivity index (χ4n) is 2.01. The smallest absolute Gasteiger partial charge is 0.227 e. The number of halogens is 1. The number of rotatable bonds is 3. The molecule has 0 aromatic heterocycles. The quantitative estimate of drug-likeness (QED) is 0.893. The first-order valence-corrected chi connectivity index (χ1v) is 5.87. The van der Waals surface area contributed by atoms with Crippen LogP contribution in [0, 0.1) is 5.92 Å². The summed E-state index contributed by atoms with van der Waals surface area (Å²) >= 11 is 6.14. The third-order valence-electron chi connectivity index (χ3n) is 2.98. The van der Waals surface area contributed by atoms with Gasteiger partial charge in [0.15, 0.2) is 0 Å². The Morgan fingerprint density at radius 2 is 2.35 bits per heavy atom. The number of ether oxygens (including phenoxy) is 1. The molecule has 2 N–H and O–H groups in total. The Balaban J connectivity index is 2.26. The Hall–Kier alpha value is -1.26. The zero-order valence-corrected chi connectivity index (χ0v) is 10.4. The zero-order valence-electron chi connectivity index (χ0n) is 9.65. The van der Waals surface area contributed by atoms with Crippen molar-refractivity contribution < 1.29 is 9.53 Å².